The molecule has 3 heterocycles. The monoisotopic (exact) mass is 625 g/mol. The number of para-hydroxylation sites is 2. The Kier molecular flexibility index (Phi) is 6.18. The maximum Gasteiger partial charge on any atom is 0.123 e. The van der Waals surface area contributed by atoms with E-state index in [0.29, 0.717) is 0 Å². The van der Waals surface area contributed by atoms with Crippen molar-refractivity contribution < 1.29 is 0 Å². The normalized spacial score (nSPS) is 11.7. The predicted octanol–water partition coefficient (Wildman–Crippen LogP) is 12.2. The lowest BCUT2D eigenvalue weighted by atomic mass is 10.00. The van der Waals surface area contributed by atoms with Crippen LogP contribution in [0.25, 0.3) is 88.5 Å². The SMILES string of the molecule is c1ccc(-c2ccc(-n3c4ccc(-c5cccc6c7ccccc7n(-c7ccc(-c8ccccc8)cc7)c56)cc4c4cc[nH]c43)cc2)cc1. The van der Waals surface area contributed by atoms with Crippen LogP contribution in [0, 0.1) is 0 Å². The van der Waals surface area contributed by atoms with E-state index in [1.807, 2.05) is 6.20 Å². The Morgan fingerprint density at radius 1 is 0.347 bits per heavy atom. The van der Waals surface area contributed by atoms with Crippen LogP contribution in [0.2, 0.25) is 0 Å². The Bertz CT molecular complexity index is 2780. The van der Waals surface area contributed by atoms with Crippen LogP contribution < -0.4 is 0 Å². The van der Waals surface area contributed by atoms with Gasteiger partial charge in [0, 0.05) is 44.7 Å². The molecule has 0 radical (unpaired) electrons. The standard InChI is InChI=1S/C46H31N3/c1-3-10-31(11-4-1)33-18-23-36(24-19-33)48-43-17-8-7-14-39(43)40-16-9-15-38(45(40)48)35-22-27-44-42(30-35)41-28-29-47-46(41)49(44)37-25-20-34(21-26-37)32-12-5-2-6-13-32/h1-30,47H. The van der Waals surface area contributed by atoms with Gasteiger partial charge in [-0.05, 0) is 76.3 Å². The van der Waals surface area contributed by atoms with E-state index in [0.717, 1.165) is 17.0 Å². The van der Waals surface area contributed by atoms with Crippen LogP contribution in [0.4, 0.5) is 0 Å². The molecule has 0 spiro atoms. The Morgan fingerprint density at radius 2 is 0.898 bits per heavy atom. The average molecular weight is 626 g/mol. The fraction of sp³-hybridized carbons (Fsp3) is 0. The number of rotatable bonds is 5. The lowest BCUT2D eigenvalue weighted by Gasteiger charge is -2.13. The zero-order valence-corrected chi connectivity index (χ0v) is 26.7. The largest absolute Gasteiger partial charge is 0.347 e. The average Bonchev–Trinajstić information content (AvgIpc) is 3.87. The third-order valence-corrected chi connectivity index (χ3v) is 9.95. The summed E-state index contributed by atoms with van der Waals surface area (Å²) in [5.41, 5.74) is 14.3. The lowest BCUT2D eigenvalue weighted by molar-refractivity contribution is 1.14. The first-order chi connectivity index (χ1) is 24.3. The third-order valence-electron chi connectivity index (χ3n) is 9.95. The summed E-state index contributed by atoms with van der Waals surface area (Å²) in [6.45, 7) is 0. The van der Waals surface area contributed by atoms with Gasteiger partial charge in [-0.1, -0.05) is 127 Å². The highest BCUT2D eigenvalue weighted by atomic mass is 15.0. The van der Waals surface area contributed by atoms with E-state index < -0.39 is 0 Å². The molecule has 10 rings (SSSR count). The summed E-state index contributed by atoms with van der Waals surface area (Å²) >= 11 is 0. The maximum atomic E-state index is 3.53. The molecule has 0 aliphatic rings. The van der Waals surface area contributed by atoms with Crippen molar-refractivity contribution in [2.75, 3.05) is 0 Å². The second kappa shape index (κ2) is 11.0. The number of hydrogen-bond donors (Lipinski definition) is 1. The van der Waals surface area contributed by atoms with Gasteiger partial charge in [-0.2, -0.15) is 0 Å². The molecule has 0 aliphatic carbocycles. The quantitative estimate of drug-likeness (QED) is 0.197. The Labute approximate surface area is 283 Å². The van der Waals surface area contributed by atoms with Gasteiger partial charge in [0.1, 0.15) is 5.65 Å². The topological polar surface area (TPSA) is 25.6 Å². The van der Waals surface area contributed by atoms with Gasteiger partial charge >= 0.3 is 0 Å². The number of benzene rings is 7. The van der Waals surface area contributed by atoms with Crippen LogP contribution in [0.3, 0.4) is 0 Å². The Morgan fingerprint density at radius 3 is 1.59 bits per heavy atom. The van der Waals surface area contributed by atoms with Gasteiger partial charge in [0.05, 0.1) is 16.6 Å². The highest BCUT2D eigenvalue weighted by molar-refractivity contribution is 6.15. The van der Waals surface area contributed by atoms with Gasteiger partial charge in [-0.15, -0.1) is 0 Å². The Balaban J connectivity index is 1.14. The van der Waals surface area contributed by atoms with E-state index in [9.17, 15) is 0 Å². The van der Waals surface area contributed by atoms with Gasteiger partial charge in [-0.3, -0.25) is 4.57 Å². The molecule has 230 valence electrons. The molecule has 0 saturated carbocycles. The van der Waals surface area contributed by atoms with Crippen molar-refractivity contribution in [3.05, 3.63) is 182 Å². The number of aromatic nitrogens is 3. The summed E-state index contributed by atoms with van der Waals surface area (Å²) in [6, 6.07) is 63.6. The number of fused-ring (bicyclic) bond motifs is 6. The van der Waals surface area contributed by atoms with Crippen LogP contribution in [0.15, 0.2) is 182 Å². The van der Waals surface area contributed by atoms with Crippen LogP contribution in [0.1, 0.15) is 0 Å². The smallest absolute Gasteiger partial charge is 0.123 e. The zero-order chi connectivity index (χ0) is 32.3. The van der Waals surface area contributed by atoms with Crippen molar-refractivity contribution in [3.63, 3.8) is 0 Å². The molecule has 0 saturated heterocycles. The van der Waals surface area contributed by atoms with Gasteiger partial charge in [0.25, 0.3) is 0 Å². The molecule has 3 heteroatoms. The molecule has 0 bridgehead atoms. The molecule has 0 atom stereocenters. The Hall–Kier alpha value is -6.58. The summed E-state index contributed by atoms with van der Waals surface area (Å²) in [7, 11) is 0. The van der Waals surface area contributed by atoms with Crippen molar-refractivity contribution in [2.24, 2.45) is 0 Å². The molecule has 10 aromatic rings. The van der Waals surface area contributed by atoms with Crippen molar-refractivity contribution in [3.8, 4) is 44.8 Å². The summed E-state index contributed by atoms with van der Waals surface area (Å²) in [6.07, 6.45) is 2.04. The van der Waals surface area contributed by atoms with Gasteiger partial charge in [-0.25, -0.2) is 0 Å². The lowest BCUT2D eigenvalue weighted by Crippen LogP contribution is -1.96. The summed E-state index contributed by atoms with van der Waals surface area (Å²) < 4.78 is 4.78. The summed E-state index contributed by atoms with van der Waals surface area (Å²) in [4.78, 5) is 3.53. The second-order valence-electron chi connectivity index (χ2n) is 12.7. The highest BCUT2D eigenvalue weighted by Gasteiger charge is 2.19. The van der Waals surface area contributed by atoms with E-state index in [1.54, 1.807) is 0 Å². The van der Waals surface area contributed by atoms with Gasteiger partial charge in [0.2, 0.25) is 0 Å². The minimum atomic E-state index is 1.10. The molecule has 3 aromatic heterocycles. The highest BCUT2D eigenvalue weighted by Crippen LogP contribution is 2.41. The van der Waals surface area contributed by atoms with E-state index in [2.05, 4.69) is 190 Å². The zero-order valence-electron chi connectivity index (χ0n) is 26.7. The van der Waals surface area contributed by atoms with E-state index >= 15 is 0 Å². The maximum absolute atomic E-state index is 3.53. The van der Waals surface area contributed by atoms with Crippen molar-refractivity contribution in [2.45, 2.75) is 0 Å². The summed E-state index contributed by atoms with van der Waals surface area (Å²) in [5.74, 6) is 0. The first kappa shape index (κ1) is 27.5. The minimum Gasteiger partial charge on any atom is -0.347 e. The molecule has 0 aliphatic heterocycles. The van der Waals surface area contributed by atoms with E-state index in [4.69, 9.17) is 0 Å². The van der Waals surface area contributed by atoms with Crippen LogP contribution >= 0.6 is 0 Å². The second-order valence-corrected chi connectivity index (χ2v) is 12.7. The van der Waals surface area contributed by atoms with Crippen LogP contribution in [-0.2, 0) is 0 Å². The number of aromatic amines is 1. The molecule has 0 unspecified atom stereocenters. The number of nitrogens with zero attached hydrogens (tertiary/aromatic N) is 2. The molecular weight excluding hydrogens is 595 g/mol. The molecular formula is C46H31N3. The molecule has 0 fully saturated rings. The van der Waals surface area contributed by atoms with Gasteiger partial charge < -0.3 is 9.55 Å². The number of nitrogens with one attached hydrogen (secondary N) is 1. The third kappa shape index (κ3) is 4.37. The van der Waals surface area contributed by atoms with Crippen molar-refractivity contribution in [1.29, 1.82) is 0 Å². The van der Waals surface area contributed by atoms with E-state index in [-0.39, 0.29) is 0 Å². The summed E-state index contributed by atoms with van der Waals surface area (Å²) in [5, 5.41) is 4.95. The van der Waals surface area contributed by atoms with Crippen LogP contribution in [0.5, 0.6) is 0 Å². The van der Waals surface area contributed by atoms with Gasteiger partial charge in [0.15, 0.2) is 0 Å². The van der Waals surface area contributed by atoms with E-state index in [1.165, 1.54) is 71.5 Å². The molecule has 7 aromatic carbocycles. The first-order valence-electron chi connectivity index (χ1n) is 16.8. The fourth-order valence-corrected chi connectivity index (χ4v) is 7.65. The molecule has 0 amide bonds. The number of H-pyrrole nitrogens is 1. The number of hydrogen-bond acceptors (Lipinski definition) is 0. The molecule has 3 nitrogen and oxygen atoms in total. The molecule has 1 N–H and O–H groups in total. The van der Waals surface area contributed by atoms with Crippen molar-refractivity contribution in [1.82, 2.24) is 14.1 Å². The first-order valence-corrected chi connectivity index (χ1v) is 16.8. The predicted molar refractivity (Wildman–Crippen MR) is 206 cm³/mol. The molecule has 49 heavy (non-hydrogen) atoms. The fourth-order valence-electron chi connectivity index (χ4n) is 7.65. The minimum absolute atomic E-state index is 1.10. The van der Waals surface area contributed by atoms with Crippen LogP contribution in [-0.4, -0.2) is 14.1 Å². The van der Waals surface area contributed by atoms with Crippen molar-refractivity contribution >= 4 is 43.7 Å².